The lowest BCUT2D eigenvalue weighted by Gasteiger charge is -2.32. The normalized spacial score (nSPS) is 14.2. The molecule has 0 unspecified atom stereocenters. The van der Waals surface area contributed by atoms with Crippen LogP contribution in [0.5, 0.6) is 0 Å². The minimum absolute atomic E-state index is 0.0931. The fraction of sp³-hybridized carbons (Fsp3) is 0.0556. The molecule has 0 fully saturated rings. The maximum Gasteiger partial charge on any atom is 0.0732 e. The maximum absolute atomic E-state index is 2.60. The highest BCUT2D eigenvalue weighted by atomic mass is 14.5. The molecule has 3 aliphatic rings. The highest BCUT2D eigenvalue weighted by molar-refractivity contribution is 6.25. The van der Waals surface area contributed by atoms with Crippen molar-refractivity contribution in [3.8, 4) is 66.8 Å². The number of hydrogen-bond acceptors (Lipinski definition) is 0. The van der Waals surface area contributed by atoms with E-state index in [-0.39, 0.29) is 5.41 Å². The number of fused-ring (bicyclic) bond motifs is 22. The van der Waals surface area contributed by atoms with Gasteiger partial charge in [-0.1, -0.05) is 238 Å². The summed E-state index contributed by atoms with van der Waals surface area (Å²) in [5.41, 5.74) is 23.2. The minimum Gasteiger partial charge on any atom is -0.0619 e. The Balaban J connectivity index is 0.967. The second-order valence-corrected chi connectivity index (χ2v) is 20.9. The van der Waals surface area contributed by atoms with E-state index in [4.69, 9.17) is 0 Å². The lowest BCUT2D eigenvalue weighted by molar-refractivity contribution is 0.660. The molecule has 334 valence electrons. The van der Waals surface area contributed by atoms with Crippen LogP contribution in [0.25, 0.3) is 121 Å². The number of benzene rings is 13. The SMILES string of the molecule is CC1(C)c2ccccc2-c2ccc(-c3c4ccccc4c(-c4cccc(-c5cc6c(c7ccccc57)-c5c(c7ccccc7c7ccccc57)C65c6ccccc6-c6ccccc65)c4)c4ccccc34)cc21. The third kappa shape index (κ3) is 5.01. The van der Waals surface area contributed by atoms with E-state index in [1.165, 1.54) is 154 Å². The predicted molar refractivity (Wildman–Crippen MR) is 304 cm³/mol. The van der Waals surface area contributed by atoms with E-state index in [0.29, 0.717) is 0 Å². The van der Waals surface area contributed by atoms with Crippen LogP contribution in [0, 0.1) is 0 Å². The largest absolute Gasteiger partial charge is 0.0732 e. The van der Waals surface area contributed by atoms with Crippen LogP contribution in [0.3, 0.4) is 0 Å². The van der Waals surface area contributed by atoms with Gasteiger partial charge in [-0.05, 0) is 172 Å². The number of rotatable bonds is 3. The molecule has 0 N–H and O–H groups in total. The second-order valence-electron chi connectivity index (χ2n) is 20.9. The van der Waals surface area contributed by atoms with Crippen LogP contribution in [0.15, 0.2) is 243 Å². The Kier molecular flexibility index (Phi) is 7.98. The molecule has 0 saturated heterocycles. The quantitative estimate of drug-likeness (QED) is 0.122. The van der Waals surface area contributed by atoms with Gasteiger partial charge in [0.15, 0.2) is 0 Å². The smallest absolute Gasteiger partial charge is 0.0619 e. The van der Waals surface area contributed by atoms with Crippen LogP contribution in [-0.2, 0) is 10.8 Å². The summed E-state index contributed by atoms with van der Waals surface area (Å²) in [6.07, 6.45) is 0. The van der Waals surface area contributed by atoms with Gasteiger partial charge in [-0.25, -0.2) is 0 Å². The van der Waals surface area contributed by atoms with Crippen molar-refractivity contribution in [2.75, 3.05) is 0 Å². The van der Waals surface area contributed by atoms with E-state index < -0.39 is 5.41 Å². The first-order chi connectivity index (χ1) is 35.5. The highest BCUT2D eigenvalue weighted by Gasteiger charge is 2.53. The first kappa shape index (κ1) is 39.9. The van der Waals surface area contributed by atoms with Crippen LogP contribution in [-0.4, -0.2) is 0 Å². The van der Waals surface area contributed by atoms with E-state index in [9.17, 15) is 0 Å². The molecule has 0 nitrogen and oxygen atoms in total. The van der Waals surface area contributed by atoms with Gasteiger partial charge in [-0.2, -0.15) is 0 Å². The molecule has 0 bridgehead atoms. The first-order valence-electron chi connectivity index (χ1n) is 25.5. The third-order valence-electron chi connectivity index (χ3n) is 17.2. The van der Waals surface area contributed by atoms with Crippen molar-refractivity contribution < 1.29 is 0 Å². The summed E-state index contributed by atoms with van der Waals surface area (Å²) >= 11 is 0. The molecule has 0 amide bonds. The summed E-state index contributed by atoms with van der Waals surface area (Å²) in [6.45, 7) is 4.76. The van der Waals surface area contributed by atoms with Gasteiger partial charge in [0, 0.05) is 5.41 Å². The van der Waals surface area contributed by atoms with Crippen LogP contribution < -0.4 is 0 Å². The highest BCUT2D eigenvalue weighted by Crippen LogP contribution is 2.67. The van der Waals surface area contributed by atoms with E-state index in [1.54, 1.807) is 0 Å². The summed E-state index contributed by atoms with van der Waals surface area (Å²) in [7, 11) is 0. The first-order valence-corrected chi connectivity index (χ1v) is 25.5. The fourth-order valence-electron chi connectivity index (χ4n) is 14.4. The van der Waals surface area contributed by atoms with Crippen molar-refractivity contribution in [2.45, 2.75) is 24.7 Å². The van der Waals surface area contributed by atoms with Crippen molar-refractivity contribution in [3.05, 3.63) is 276 Å². The van der Waals surface area contributed by atoms with E-state index >= 15 is 0 Å². The molecule has 1 spiro atoms. The van der Waals surface area contributed by atoms with Crippen molar-refractivity contribution in [2.24, 2.45) is 0 Å². The van der Waals surface area contributed by atoms with Gasteiger partial charge in [0.25, 0.3) is 0 Å². The molecular formula is C72H46. The Morgan fingerprint density at radius 2 is 0.625 bits per heavy atom. The van der Waals surface area contributed by atoms with Crippen molar-refractivity contribution in [1.29, 1.82) is 0 Å². The molecular weight excluding hydrogens is 865 g/mol. The van der Waals surface area contributed by atoms with Crippen LogP contribution in [0.1, 0.15) is 47.2 Å². The van der Waals surface area contributed by atoms with Crippen LogP contribution in [0.4, 0.5) is 0 Å². The van der Waals surface area contributed by atoms with Gasteiger partial charge in [0.1, 0.15) is 0 Å². The Bertz CT molecular complexity index is 4440. The topological polar surface area (TPSA) is 0 Å². The molecule has 3 aliphatic carbocycles. The van der Waals surface area contributed by atoms with Gasteiger partial charge < -0.3 is 0 Å². The molecule has 13 aromatic rings. The summed E-state index contributed by atoms with van der Waals surface area (Å²) in [6, 6.07) is 92.4. The molecule has 0 radical (unpaired) electrons. The Labute approximate surface area is 419 Å². The Hall–Kier alpha value is -8.84. The molecule has 0 aromatic heterocycles. The van der Waals surface area contributed by atoms with E-state index in [1.807, 2.05) is 0 Å². The summed E-state index contributed by atoms with van der Waals surface area (Å²) in [4.78, 5) is 0. The van der Waals surface area contributed by atoms with Crippen LogP contribution in [0.2, 0.25) is 0 Å². The molecule has 0 aliphatic heterocycles. The Morgan fingerprint density at radius 1 is 0.222 bits per heavy atom. The maximum atomic E-state index is 2.60. The van der Waals surface area contributed by atoms with Gasteiger partial charge in [-0.15, -0.1) is 0 Å². The molecule has 0 saturated carbocycles. The third-order valence-corrected chi connectivity index (χ3v) is 17.2. The van der Waals surface area contributed by atoms with Gasteiger partial charge >= 0.3 is 0 Å². The summed E-state index contributed by atoms with van der Waals surface area (Å²) < 4.78 is 0. The van der Waals surface area contributed by atoms with Crippen molar-refractivity contribution in [1.82, 2.24) is 0 Å². The molecule has 0 atom stereocenters. The molecule has 16 rings (SSSR count). The minimum atomic E-state index is -0.546. The second kappa shape index (κ2) is 14.4. The van der Waals surface area contributed by atoms with Crippen molar-refractivity contribution in [3.63, 3.8) is 0 Å². The monoisotopic (exact) mass is 910 g/mol. The Morgan fingerprint density at radius 3 is 1.21 bits per heavy atom. The number of hydrogen-bond donors (Lipinski definition) is 0. The zero-order valence-electron chi connectivity index (χ0n) is 40.1. The summed E-state index contributed by atoms with van der Waals surface area (Å²) in [5, 5.41) is 12.8. The lowest BCUT2D eigenvalue weighted by Crippen LogP contribution is -2.26. The molecule has 0 heteroatoms. The average Bonchev–Trinajstić information content (AvgIpc) is 4.01. The van der Waals surface area contributed by atoms with Gasteiger partial charge in [0.2, 0.25) is 0 Å². The zero-order chi connectivity index (χ0) is 47.5. The zero-order valence-corrected chi connectivity index (χ0v) is 40.1. The molecule has 0 heterocycles. The molecule has 72 heavy (non-hydrogen) atoms. The van der Waals surface area contributed by atoms with Gasteiger partial charge in [0.05, 0.1) is 5.41 Å². The van der Waals surface area contributed by atoms with Gasteiger partial charge in [-0.3, -0.25) is 0 Å². The van der Waals surface area contributed by atoms with Crippen molar-refractivity contribution >= 4 is 53.9 Å². The lowest BCUT2D eigenvalue weighted by atomic mass is 9.68. The predicted octanol–water partition coefficient (Wildman–Crippen LogP) is 19.1. The standard InChI is InChI=1S/C72H46/c1-71(2)61-35-16-13-25-49(61)52-39-38-45(41-64(52)71)67-57-32-10-8-30-55(57)66(56-31-9-11-33-58(56)67)44-21-19-20-43(40-44)60-42-65-68(53-28-6-4-24-48(53)60)69-54-29-7-3-22-46(54)47-23-5-12-34-59(47)70(69)72(65)62-36-17-14-26-50(62)51-27-15-18-37-63(51)72/h3-42H,1-2H3. The molecule has 13 aromatic carbocycles. The fourth-order valence-corrected chi connectivity index (χ4v) is 14.4. The van der Waals surface area contributed by atoms with E-state index in [2.05, 4.69) is 257 Å². The average molecular weight is 911 g/mol. The van der Waals surface area contributed by atoms with Crippen LogP contribution >= 0.6 is 0 Å². The van der Waals surface area contributed by atoms with E-state index in [0.717, 1.165) is 0 Å². The summed E-state index contributed by atoms with van der Waals surface area (Å²) in [5.74, 6) is 0.